The van der Waals surface area contributed by atoms with Crippen LogP contribution in [0.1, 0.15) is 25.7 Å². The number of imidazole rings is 1. The van der Waals surface area contributed by atoms with Gasteiger partial charge in [0, 0.05) is 13.0 Å². The zero-order valence-electron chi connectivity index (χ0n) is 9.11. The number of phenols is 1. The molecule has 0 aliphatic rings. The summed E-state index contributed by atoms with van der Waals surface area (Å²) in [5, 5.41) is 12.0. The maximum absolute atomic E-state index is 10.9. The molecule has 0 saturated carbocycles. The van der Waals surface area contributed by atoms with E-state index in [1.807, 2.05) is 6.92 Å². The number of aromatic amines is 1. The molecule has 0 bridgehead atoms. The number of aromatic nitrogens is 2. The molecule has 0 aliphatic carbocycles. The average molecular weight is 219 g/mol. The first kappa shape index (κ1) is 10.5. The summed E-state index contributed by atoms with van der Waals surface area (Å²) in [6.45, 7) is 3.31. The van der Waals surface area contributed by atoms with Crippen LogP contribution < -0.4 is 5.32 Å². The molecule has 0 radical (unpaired) electrons. The number of rotatable bonds is 2. The van der Waals surface area contributed by atoms with Gasteiger partial charge in [0.1, 0.15) is 11.6 Å². The summed E-state index contributed by atoms with van der Waals surface area (Å²) in [6.07, 6.45) is 0. The van der Waals surface area contributed by atoms with E-state index >= 15 is 0 Å². The van der Waals surface area contributed by atoms with Crippen molar-refractivity contribution in [1.82, 2.24) is 15.3 Å². The van der Waals surface area contributed by atoms with Crippen molar-refractivity contribution in [3.8, 4) is 5.75 Å². The molecule has 0 saturated heterocycles. The van der Waals surface area contributed by atoms with E-state index < -0.39 is 0 Å². The maximum atomic E-state index is 10.9. The van der Waals surface area contributed by atoms with Crippen molar-refractivity contribution in [3.05, 3.63) is 24.0 Å². The number of phenolic OH excluding ortho intramolecular Hbond substituents is 1. The molecule has 5 nitrogen and oxygen atoms in total. The Balaban J connectivity index is 2.35. The Morgan fingerprint density at radius 1 is 1.56 bits per heavy atom. The lowest BCUT2D eigenvalue weighted by Crippen LogP contribution is -2.24. The normalized spacial score (nSPS) is 12.6. The van der Waals surface area contributed by atoms with Crippen LogP contribution in [0.25, 0.3) is 11.0 Å². The monoisotopic (exact) mass is 219 g/mol. The van der Waals surface area contributed by atoms with Gasteiger partial charge in [0.05, 0.1) is 17.1 Å². The van der Waals surface area contributed by atoms with Gasteiger partial charge in [0.25, 0.3) is 0 Å². The number of H-pyrrole nitrogens is 1. The van der Waals surface area contributed by atoms with Crippen molar-refractivity contribution < 1.29 is 9.90 Å². The number of amides is 1. The fourth-order valence-corrected chi connectivity index (χ4v) is 1.60. The van der Waals surface area contributed by atoms with Crippen LogP contribution in [-0.4, -0.2) is 21.0 Å². The smallest absolute Gasteiger partial charge is 0.217 e. The van der Waals surface area contributed by atoms with Crippen LogP contribution in [-0.2, 0) is 4.79 Å². The molecule has 1 amide bonds. The molecule has 2 aromatic rings. The second-order valence-electron chi connectivity index (χ2n) is 3.75. The van der Waals surface area contributed by atoms with E-state index in [1.165, 1.54) is 6.92 Å². The van der Waals surface area contributed by atoms with Gasteiger partial charge in [-0.05, 0) is 19.1 Å². The highest BCUT2D eigenvalue weighted by Gasteiger charge is 2.11. The Kier molecular flexibility index (Phi) is 2.52. The molecule has 3 N–H and O–H groups in total. The highest BCUT2D eigenvalue weighted by molar-refractivity contribution is 5.77. The summed E-state index contributed by atoms with van der Waals surface area (Å²) in [5.74, 6) is 0.765. The molecule has 0 spiro atoms. The molecule has 1 atom stereocenters. The largest absolute Gasteiger partial charge is 0.508 e. The van der Waals surface area contributed by atoms with Crippen LogP contribution in [0, 0.1) is 0 Å². The molecule has 1 aromatic heterocycles. The van der Waals surface area contributed by atoms with Crippen molar-refractivity contribution in [2.75, 3.05) is 0 Å². The standard InChI is InChI=1S/C11H13N3O2/c1-6(12-7(2)15)11-13-9-4-3-8(16)5-10(9)14-11/h3-6,16H,1-2H3,(H,12,15)(H,13,14). The summed E-state index contributed by atoms with van der Waals surface area (Å²) >= 11 is 0. The van der Waals surface area contributed by atoms with Crippen LogP contribution in [0.5, 0.6) is 5.75 Å². The van der Waals surface area contributed by atoms with Gasteiger partial charge in [0.2, 0.25) is 5.91 Å². The van der Waals surface area contributed by atoms with Crippen LogP contribution in [0.15, 0.2) is 18.2 Å². The molecule has 84 valence electrons. The SMILES string of the molecule is CC(=O)NC(C)c1nc2ccc(O)cc2[nH]1. The maximum Gasteiger partial charge on any atom is 0.217 e. The third-order valence-electron chi connectivity index (χ3n) is 2.31. The number of benzene rings is 1. The van der Waals surface area contributed by atoms with Crippen LogP contribution in [0.4, 0.5) is 0 Å². The Bertz CT molecular complexity index is 533. The van der Waals surface area contributed by atoms with Crippen molar-refractivity contribution in [2.24, 2.45) is 0 Å². The number of hydrogen-bond donors (Lipinski definition) is 3. The summed E-state index contributed by atoms with van der Waals surface area (Å²) in [4.78, 5) is 18.3. The van der Waals surface area contributed by atoms with Crippen molar-refractivity contribution in [3.63, 3.8) is 0 Å². The van der Waals surface area contributed by atoms with E-state index in [4.69, 9.17) is 0 Å². The topological polar surface area (TPSA) is 78.0 Å². The number of hydrogen-bond acceptors (Lipinski definition) is 3. The first-order chi connectivity index (χ1) is 7.56. The Hall–Kier alpha value is -2.04. The minimum absolute atomic E-state index is 0.101. The fourth-order valence-electron chi connectivity index (χ4n) is 1.60. The van der Waals surface area contributed by atoms with Crippen molar-refractivity contribution >= 4 is 16.9 Å². The molecular weight excluding hydrogens is 206 g/mol. The minimum atomic E-state index is -0.174. The second kappa shape index (κ2) is 3.84. The molecule has 16 heavy (non-hydrogen) atoms. The predicted octanol–water partition coefficient (Wildman–Crippen LogP) is 1.47. The van der Waals surface area contributed by atoms with E-state index in [1.54, 1.807) is 18.2 Å². The number of nitrogens with zero attached hydrogens (tertiary/aromatic N) is 1. The second-order valence-corrected chi connectivity index (χ2v) is 3.75. The zero-order chi connectivity index (χ0) is 11.7. The number of aromatic hydroxyl groups is 1. The highest BCUT2D eigenvalue weighted by atomic mass is 16.3. The van der Waals surface area contributed by atoms with Gasteiger partial charge >= 0.3 is 0 Å². The number of carbonyl (C=O) groups excluding carboxylic acids is 1. The van der Waals surface area contributed by atoms with E-state index in [9.17, 15) is 9.90 Å². The molecule has 1 aromatic carbocycles. The predicted molar refractivity (Wildman–Crippen MR) is 60.0 cm³/mol. The summed E-state index contributed by atoms with van der Waals surface area (Å²) in [5.41, 5.74) is 1.53. The third kappa shape index (κ3) is 1.98. The molecule has 1 heterocycles. The van der Waals surface area contributed by atoms with Gasteiger partial charge in [-0.2, -0.15) is 0 Å². The van der Waals surface area contributed by atoms with Gasteiger partial charge in [-0.15, -0.1) is 0 Å². The van der Waals surface area contributed by atoms with Crippen molar-refractivity contribution in [1.29, 1.82) is 0 Å². The quantitative estimate of drug-likeness (QED) is 0.715. The molecule has 2 rings (SSSR count). The van der Waals surface area contributed by atoms with Crippen molar-refractivity contribution in [2.45, 2.75) is 19.9 Å². The lowest BCUT2D eigenvalue weighted by Gasteiger charge is -2.08. The van der Waals surface area contributed by atoms with E-state index in [0.717, 1.165) is 11.0 Å². The number of nitrogens with one attached hydrogen (secondary N) is 2. The summed E-state index contributed by atoms with van der Waals surface area (Å²) in [7, 11) is 0. The van der Waals surface area contributed by atoms with Gasteiger partial charge in [0.15, 0.2) is 0 Å². The Labute approximate surface area is 92.5 Å². The number of fused-ring (bicyclic) bond motifs is 1. The first-order valence-electron chi connectivity index (χ1n) is 5.02. The van der Waals surface area contributed by atoms with E-state index in [2.05, 4.69) is 15.3 Å². The average Bonchev–Trinajstić information content (AvgIpc) is 2.59. The minimum Gasteiger partial charge on any atom is -0.508 e. The van der Waals surface area contributed by atoms with Gasteiger partial charge in [-0.1, -0.05) is 0 Å². The molecular formula is C11H13N3O2. The fraction of sp³-hybridized carbons (Fsp3) is 0.273. The Morgan fingerprint density at radius 2 is 2.31 bits per heavy atom. The van der Waals surface area contributed by atoms with Crippen LogP contribution >= 0.6 is 0 Å². The molecule has 0 fully saturated rings. The lowest BCUT2D eigenvalue weighted by atomic mass is 10.3. The number of carbonyl (C=O) groups is 1. The summed E-state index contributed by atoms with van der Waals surface area (Å²) in [6, 6.07) is 4.74. The van der Waals surface area contributed by atoms with Gasteiger partial charge < -0.3 is 15.4 Å². The van der Waals surface area contributed by atoms with Gasteiger partial charge in [-0.25, -0.2) is 4.98 Å². The first-order valence-corrected chi connectivity index (χ1v) is 5.02. The highest BCUT2D eigenvalue weighted by Crippen LogP contribution is 2.20. The summed E-state index contributed by atoms with van der Waals surface area (Å²) < 4.78 is 0. The van der Waals surface area contributed by atoms with E-state index in [-0.39, 0.29) is 17.7 Å². The van der Waals surface area contributed by atoms with Crippen LogP contribution in [0.2, 0.25) is 0 Å². The van der Waals surface area contributed by atoms with Gasteiger partial charge in [-0.3, -0.25) is 4.79 Å². The molecule has 5 heteroatoms. The van der Waals surface area contributed by atoms with Crippen LogP contribution in [0.3, 0.4) is 0 Å². The Morgan fingerprint density at radius 3 is 3.00 bits per heavy atom. The zero-order valence-corrected chi connectivity index (χ0v) is 9.11. The molecule has 1 unspecified atom stereocenters. The lowest BCUT2D eigenvalue weighted by molar-refractivity contribution is -0.119. The molecule has 0 aliphatic heterocycles. The van der Waals surface area contributed by atoms with E-state index in [0.29, 0.717) is 5.82 Å². The third-order valence-corrected chi connectivity index (χ3v) is 2.31.